The number of rotatable bonds is 5. The average Bonchev–Trinajstić information content (AvgIpc) is 3.39. The Kier molecular flexibility index (Phi) is 4.48. The van der Waals surface area contributed by atoms with Crippen LogP contribution in [0.1, 0.15) is 24.1 Å². The molecule has 6 heteroatoms. The van der Waals surface area contributed by atoms with Gasteiger partial charge in [-0.1, -0.05) is 24.3 Å². The molecule has 1 aliphatic rings. The molecule has 1 aliphatic heterocycles. The van der Waals surface area contributed by atoms with Gasteiger partial charge >= 0.3 is 0 Å². The van der Waals surface area contributed by atoms with E-state index in [1.807, 2.05) is 30.5 Å². The Hall–Kier alpha value is -3.25. The molecular formula is C23H23N3O3. The molecule has 1 N–H and O–H groups in total. The Bertz CT molecular complexity index is 1110. The molecule has 1 atom stereocenters. The highest BCUT2D eigenvalue weighted by molar-refractivity contribution is 5.82. The number of aromatic amines is 1. The average molecular weight is 389 g/mol. The van der Waals surface area contributed by atoms with Crippen LogP contribution in [0.5, 0.6) is 11.5 Å². The lowest BCUT2D eigenvalue weighted by Gasteiger charge is -2.26. The Labute approximate surface area is 169 Å². The fourth-order valence-electron chi connectivity index (χ4n) is 3.73. The maximum Gasteiger partial charge on any atom is 0.161 e. The van der Waals surface area contributed by atoms with Crippen LogP contribution in [-0.4, -0.2) is 35.4 Å². The van der Waals surface area contributed by atoms with Crippen molar-refractivity contribution in [1.82, 2.24) is 15.1 Å². The van der Waals surface area contributed by atoms with Crippen molar-refractivity contribution < 1.29 is 13.9 Å². The van der Waals surface area contributed by atoms with Crippen molar-refractivity contribution in [3.63, 3.8) is 0 Å². The summed E-state index contributed by atoms with van der Waals surface area (Å²) >= 11 is 0. The zero-order chi connectivity index (χ0) is 19.8. The number of hydrogen-bond acceptors (Lipinski definition) is 5. The lowest BCUT2D eigenvalue weighted by molar-refractivity contribution is 0.170. The largest absolute Gasteiger partial charge is 0.486 e. The molecule has 0 spiro atoms. The van der Waals surface area contributed by atoms with Crippen LogP contribution >= 0.6 is 0 Å². The summed E-state index contributed by atoms with van der Waals surface area (Å²) in [5, 5.41) is 8.45. The molecule has 148 valence electrons. The van der Waals surface area contributed by atoms with Gasteiger partial charge in [0, 0.05) is 23.5 Å². The van der Waals surface area contributed by atoms with Crippen LogP contribution in [0.25, 0.3) is 22.4 Å². The van der Waals surface area contributed by atoms with Crippen molar-refractivity contribution in [2.45, 2.75) is 19.5 Å². The second-order valence-corrected chi connectivity index (χ2v) is 7.41. The molecule has 0 aliphatic carbocycles. The molecule has 0 saturated heterocycles. The van der Waals surface area contributed by atoms with Crippen LogP contribution in [0.2, 0.25) is 0 Å². The van der Waals surface area contributed by atoms with Gasteiger partial charge in [-0.3, -0.25) is 10.00 Å². The number of aromatic nitrogens is 2. The van der Waals surface area contributed by atoms with Crippen LogP contribution in [0, 0.1) is 0 Å². The summed E-state index contributed by atoms with van der Waals surface area (Å²) in [4.78, 5) is 2.28. The molecule has 4 aromatic rings. The van der Waals surface area contributed by atoms with Gasteiger partial charge in [0.25, 0.3) is 0 Å². The van der Waals surface area contributed by atoms with Crippen LogP contribution in [0.15, 0.2) is 59.1 Å². The molecule has 5 rings (SSSR count). The molecule has 0 amide bonds. The second kappa shape index (κ2) is 7.29. The van der Waals surface area contributed by atoms with Crippen LogP contribution in [0.4, 0.5) is 0 Å². The van der Waals surface area contributed by atoms with Crippen molar-refractivity contribution in [1.29, 1.82) is 0 Å². The first-order valence-electron chi connectivity index (χ1n) is 9.80. The summed E-state index contributed by atoms with van der Waals surface area (Å²) in [6.45, 7) is 4.12. The minimum absolute atomic E-state index is 0.198. The van der Waals surface area contributed by atoms with Crippen molar-refractivity contribution in [3.05, 3.63) is 65.9 Å². The maximum absolute atomic E-state index is 6.02. The Morgan fingerprint density at radius 1 is 1.07 bits per heavy atom. The normalized spacial score (nSPS) is 14.4. The van der Waals surface area contributed by atoms with E-state index in [4.69, 9.17) is 13.9 Å². The molecule has 0 fully saturated rings. The van der Waals surface area contributed by atoms with Gasteiger partial charge in [-0.05, 0) is 43.8 Å². The van der Waals surface area contributed by atoms with Gasteiger partial charge in [-0.15, -0.1) is 0 Å². The summed E-state index contributed by atoms with van der Waals surface area (Å²) in [5.41, 5.74) is 4.07. The zero-order valence-corrected chi connectivity index (χ0v) is 16.5. The van der Waals surface area contributed by atoms with Gasteiger partial charge in [0.05, 0.1) is 6.20 Å². The van der Waals surface area contributed by atoms with Crippen molar-refractivity contribution in [3.8, 4) is 23.0 Å². The van der Waals surface area contributed by atoms with E-state index in [-0.39, 0.29) is 6.04 Å². The number of furan rings is 1. The van der Waals surface area contributed by atoms with Gasteiger partial charge in [0.1, 0.15) is 24.5 Å². The first kappa shape index (κ1) is 17.8. The van der Waals surface area contributed by atoms with E-state index < -0.39 is 0 Å². The number of para-hydroxylation sites is 1. The smallest absolute Gasteiger partial charge is 0.161 e. The summed E-state index contributed by atoms with van der Waals surface area (Å²) < 4.78 is 17.4. The number of ether oxygens (including phenoxy) is 2. The van der Waals surface area contributed by atoms with Crippen molar-refractivity contribution in [2.75, 3.05) is 20.3 Å². The molecule has 3 heterocycles. The predicted octanol–water partition coefficient (Wildman–Crippen LogP) is 4.79. The van der Waals surface area contributed by atoms with E-state index in [1.165, 1.54) is 5.56 Å². The number of hydrogen-bond donors (Lipinski definition) is 1. The van der Waals surface area contributed by atoms with Crippen LogP contribution < -0.4 is 9.47 Å². The van der Waals surface area contributed by atoms with Gasteiger partial charge in [0.2, 0.25) is 0 Å². The Morgan fingerprint density at radius 2 is 1.90 bits per heavy atom. The molecule has 6 nitrogen and oxygen atoms in total. The van der Waals surface area contributed by atoms with Gasteiger partial charge < -0.3 is 13.9 Å². The lowest BCUT2D eigenvalue weighted by atomic mass is 10.1. The zero-order valence-electron chi connectivity index (χ0n) is 16.5. The highest BCUT2D eigenvalue weighted by Gasteiger charge is 2.20. The second-order valence-electron chi connectivity index (χ2n) is 7.41. The summed E-state index contributed by atoms with van der Waals surface area (Å²) in [5.74, 6) is 2.44. The minimum Gasteiger partial charge on any atom is -0.486 e. The fourth-order valence-corrected chi connectivity index (χ4v) is 3.73. The summed E-state index contributed by atoms with van der Waals surface area (Å²) in [6, 6.07) is 16.4. The highest BCUT2D eigenvalue weighted by Crippen LogP contribution is 2.35. The van der Waals surface area contributed by atoms with Gasteiger partial charge in [0.15, 0.2) is 17.3 Å². The minimum atomic E-state index is 0.198. The number of nitrogens with zero attached hydrogens (tertiary/aromatic N) is 2. The summed E-state index contributed by atoms with van der Waals surface area (Å²) in [6.07, 6.45) is 1.87. The Balaban J connectivity index is 1.37. The van der Waals surface area contributed by atoms with E-state index >= 15 is 0 Å². The first-order chi connectivity index (χ1) is 14.2. The standard InChI is InChI=1S/C23H23N3O3/c1-15(16-7-8-20-21(11-16)28-10-9-27-20)26(2)14-18-13-24-25-23(18)22-12-17-5-3-4-6-19(17)29-22/h3-8,11-13,15H,9-10,14H2,1-2H3,(H,24,25)/t15-/m1/s1. The number of fused-ring (bicyclic) bond motifs is 2. The quantitative estimate of drug-likeness (QED) is 0.532. The highest BCUT2D eigenvalue weighted by atomic mass is 16.6. The van der Waals surface area contributed by atoms with E-state index in [9.17, 15) is 0 Å². The third-order valence-corrected chi connectivity index (χ3v) is 5.52. The molecule has 2 aromatic carbocycles. The molecule has 29 heavy (non-hydrogen) atoms. The summed E-state index contributed by atoms with van der Waals surface area (Å²) in [7, 11) is 2.11. The monoisotopic (exact) mass is 389 g/mol. The third-order valence-electron chi connectivity index (χ3n) is 5.52. The Morgan fingerprint density at radius 3 is 2.76 bits per heavy atom. The number of benzene rings is 2. The van der Waals surface area contributed by atoms with Crippen molar-refractivity contribution >= 4 is 11.0 Å². The SMILES string of the molecule is C[C@H](c1ccc2c(c1)OCCO2)N(C)Cc1cn[nH]c1-c1cc2ccccc2o1. The molecule has 2 aromatic heterocycles. The van der Waals surface area contributed by atoms with Crippen molar-refractivity contribution in [2.24, 2.45) is 0 Å². The van der Waals surface area contributed by atoms with Crippen LogP contribution in [-0.2, 0) is 6.54 Å². The maximum atomic E-state index is 6.02. The molecule has 0 saturated carbocycles. The van der Waals surface area contributed by atoms with Gasteiger partial charge in [-0.2, -0.15) is 5.10 Å². The molecule has 0 bridgehead atoms. The number of nitrogens with one attached hydrogen (secondary N) is 1. The third kappa shape index (κ3) is 3.36. The topological polar surface area (TPSA) is 63.5 Å². The lowest BCUT2D eigenvalue weighted by Crippen LogP contribution is -2.22. The number of H-pyrrole nitrogens is 1. The molecular weight excluding hydrogens is 366 g/mol. The van der Waals surface area contributed by atoms with E-state index in [2.05, 4.69) is 53.3 Å². The van der Waals surface area contributed by atoms with Gasteiger partial charge in [-0.25, -0.2) is 0 Å². The predicted molar refractivity (Wildman–Crippen MR) is 111 cm³/mol. The fraction of sp³-hybridized carbons (Fsp3) is 0.261. The molecule has 0 radical (unpaired) electrons. The van der Waals surface area contributed by atoms with E-state index in [1.54, 1.807) is 0 Å². The first-order valence-corrected chi connectivity index (χ1v) is 9.80. The van der Waals surface area contributed by atoms with Crippen LogP contribution in [0.3, 0.4) is 0 Å². The van der Waals surface area contributed by atoms with E-state index in [0.29, 0.717) is 13.2 Å². The molecule has 0 unspecified atom stereocenters. The van der Waals surface area contributed by atoms with E-state index in [0.717, 1.165) is 46.0 Å².